The van der Waals surface area contributed by atoms with Crippen LogP contribution in [0.15, 0.2) is 120 Å². The number of allylic oxidation sites excluding steroid dienone is 4. The Kier molecular flexibility index (Phi) is 7.26. The van der Waals surface area contributed by atoms with Crippen LogP contribution in [0.25, 0.3) is 10.8 Å². The molecule has 6 rings (SSSR count). The second-order valence-corrected chi connectivity index (χ2v) is 13.0. The minimum Gasteiger partial charge on any atom is -0.744 e. The van der Waals surface area contributed by atoms with E-state index >= 15 is 0 Å². The van der Waals surface area contributed by atoms with Gasteiger partial charge in [-0.3, -0.25) is 0 Å². The van der Waals surface area contributed by atoms with Crippen molar-refractivity contribution >= 4 is 38.0 Å². The normalized spacial score (nSPS) is 18.0. The van der Waals surface area contributed by atoms with Crippen molar-refractivity contribution in [1.29, 1.82) is 0 Å². The summed E-state index contributed by atoms with van der Waals surface area (Å²) in [6, 6.07) is 29.0. The smallest absolute Gasteiger partial charge is 0.209 e. The Morgan fingerprint density at radius 1 is 0.780 bits per heavy atom. The summed E-state index contributed by atoms with van der Waals surface area (Å²) < 4.78 is 34.5. The molecule has 0 amide bonds. The number of para-hydroxylation sites is 2. The SMILES string of the molecule is CN1C(=CC=CC2=[N+](C)c3ccccc3C2(C)C)C(C)(C)c2ccccc21.O=S(=O)([O-])c1ccc2ccccc2c1. The molecule has 0 aliphatic carbocycles. The van der Waals surface area contributed by atoms with Gasteiger partial charge in [0.05, 0.1) is 10.3 Å². The van der Waals surface area contributed by atoms with Gasteiger partial charge in [-0.15, -0.1) is 0 Å². The first-order valence-corrected chi connectivity index (χ1v) is 15.1. The number of benzene rings is 4. The Hall–Kier alpha value is -4.00. The summed E-state index contributed by atoms with van der Waals surface area (Å²) in [7, 11) is -0.00722. The molecule has 210 valence electrons. The largest absolute Gasteiger partial charge is 0.744 e. The lowest BCUT2D eigenvalue weighted by atomic mass is 9.81. The van der Waals surface area contributed by atoms with Crippen molar-refractivity contribution in [2.24, 2.45) is 0 Å². The predicted octanol–water partition coefficient (Wildman–Crippen LogP) is 7.30. The van der Waals surface area contributed by atoms with Gasteiger partial charge in [-0.05, 0) is 54.5 Å². The number of anilines is 1. The second-order valence-electron chi connectivity index (χ2n) is 11.7. The van der Waals surface area contributed by atoms with E-state index in [1.165, 1.54) is 46.0 Å². The standard InChI is InChI=1S/C25H29N2.C10H8O3S/c1-24(2)18-12-7-9-14-20(18)26(5)22(24)16-11-17-23-25(3,4)19-13-8-10-15-21(19)27(23)6;11-14(12,13)10-6-5-8-3-1-2-4-9(8)7-10/h7-17H,1-6H3;1-7H,(H,11,12,13)/q+1;/p-1. The Morgan fingerprint density at radius 2 is 1.39 bits per heavy atom. The number of rotatable bonds is 3. The first-order valence-electron chi connectivity index (χ1n) is 13.7. The highest BCUT2D eigenvalue weighted by atomic mass is 32.2. The van der Waals surface area contributed by atoms with Crippen molar-refractivity contribution in [3.05, 3.63) is 126 Å². The van der Waals surface area contributed by atoms with E-state index in [1.807, 2.05) is 12.1 Å². The molecule has 5 nitrogen and oxygen atoms in total. The summed E-state index contributed by atoms with van der Waals surface area (Å²) in [4.78, 5) is 2.14. The van der Waals surface area contributed by atoms with Gasteiger partial charge >= 0.3 is 0 Å². The van der Waals surface area contributed by atoms with E-state index in [9.17, 15) is 13.0 Å². The van der Waals surface area contributed by atoms with Crippen molar-refractivity contribution < 1.29 is 17.5 Å². The van der Waals surface area contributed by atoms with Gasteiger partial charge in [-0.1, -0.05) is 86.7 Å². The van der Waals surface area contributed by atoms with E-state index in [-0.39, 0.29) is 15.7 Å². The molecule has 0 spiro atoms. The summed E-state index contributed by atoms with van der Waals surface area (Å²) in [6.07, 6.45) is 6.78. The van der Waals surface area contributed by atoms with Crippen molar-refractivity contribution in [2.75, 3.05) is 19.0 Å². The summed E-state index contributed by atoms with van der Waals surface area (Å²) in [5.74, 6) is 0. The molecule has 0 fully saturated rings. The topological polar surface area (TPSA) is 63.5 Å². The molecule has 0 saturated carbocycles. The van der Waals surface area contributed by atoms with Gasteiger partial charge in [-0.25, -0.2) is 8.42 Å². The molecule has 0 N–H and O–H groups in total. The van der Waals surface area contributed by atoms with Gasteiger partial charge in [0, 0.05) is 41.6 Å². The summed E-state index contributed by atoms with van der Waals surface area (Å²) in [5, 5.41) is 1.67. The van der Waals surface area contributed by atoms with E-state index in [2.05, 4.69) is 118 Å². The van der Waals surface area contributed by atoms with Gasteiger partial charge in [-0.2, -0.15) is 4.58 Å². The lowest BCUT2D eigenvalue weighted by Gasteiger charge is -2.23. The van der Waals surface area contributed by atoms with Crippen LogP contribution in [-0.2, 0) is 20.9 Å². The van der Waals surface area contributed by atoms with Crippen molar-refractivity contribution in [2.45, 2.75) is 43.4 Å². The summed E-state index contributed by atoms with van der Waals surface area (Å²) >= 11 is 0. The van der Waals surface area contributed by atoms with E-state index < -0.39 is 10.1 Å². The molecular formula is C35H36N2O3S. The molecule has 0 aromatic heterocycles. The Balaban J connectivity index is 0.000000202. The molecule has 41 heavy (non-hydrogen) atoms. The van der Waals surface area contributed by atoms with Gasteiger partial charge in [0.1, 0.15) is 17.2 Å². The fourth-order valence-corrected chi connectivity index (χ4v) is 6.66. The van der Waals surface area contributed by atoms with Gasteiger partial charge in [0.2, 0.25) is 5.69 Å². The summed E-state index contributed by atoms with van der Waals surface area (Å²) in [5.41, 5.74) is 8.09. The molecule has 4 aromatic rings. The zero-order valence-electron chi connectivity index (χ0n) is 24.4. The molecule has 0 bridgehead atoms. The maximum atomic E-state index is 10.7. The van der Waals surface area contributed by atoms with E-state index in [1.54, 1.807) is 18.2 Å². The van der Waals surface area contributed by atoms with Crippen molar-refractivity contribution in [3.8, 4) is 0 Å². The first kappa shape index (κ1) is 28.5. The predicted molar refractivity (Wildman–Crippen MR) is 167 cm³/mol. The molecular weight excluding hydrogens is 528 g/mol. The van der Waals surface area contributed by atoms with Crippen LogP contribution in [-0.4, -0.2) is 37.4 Å². The fourth-order valence-electron chi connectivity index (χ4n) is 6.16. The average Bonchev–Trinajstić information content (AvgIpc) is 3.26. The lowest BCUT2D eigenvalue weighted by molar-refractivity contribution is -0.401. The monoisotopic (exact) mass is 564 g/mol. The van der Waals surface area contributed by atoms with Crippen LogP contribution in [0.1, 0.15) is 38.8 Å². The third kappa shape index (κ3) is 5.14. The van der Waals surface area contributed by atoms with Crippen LogP contribution < -0.4 is 4.90 Å². The highest BCUT2D eigenvalue weighted by molar-refractivity contribution is 7.85. The molecule has 0 saturated heterocycles. The molecule has 0 radical (unpaired) electrons. The number of nitrogens with zero attached hydrogens (tertiary/aromatic N) is 2. The van der Waals surface area contributed by atoms with Crippen LogP contribution >= 0.6 is 0 Å². The van der Waals surface area contributed by atoms with Gasteiger partial charge in [0.15, 0.2) is 5.71 Å². The zero-order valence-corrected chi connectivity index (χ0v) is 25.2. The zero-order chi connectivity index (χ0) is 29.6. The Morgan fingerprint density at radius 3 is 2.05 bits per heavy atom. The molecule has 2 heterocycles. The van der Waals surface area contributed by atoms with Crippen LogP contribution in [0.3, 0.4) is 0 Å². The van der Waals surface area contributed by atoms with E-state index in [0.29, 0.717) is 0 Å². The third-order valence-corrected chi connectivity index (χ3v) is 9.23. The minimum atomic E-state index is -4.34. The van der Waals surface area contributed by atoms with E-state index in [0.717, 1.165) is 10.8 Å². The molecule has 4 aromatic carbocycles. The number of fused-ring (bicyclic) bond motifs is 3. The molecule has 0 unspecified atom stereocenters. The average molecular weight is 565 g/mol. The van der Waals surface area contributed by atoms with Crippen LogP contribution in [0.5, 0.6) is 0 Å². The highest BCUT2D eigenvalue weighted by Crippen LogP contribution is 2.46. The molecule has 6 heteroatoms. The van der Waals surface area contributed by atoms with Crippen LogP contribution in [0.4, 0.5) is 11.4 Å². The van der Waals surface area contributed by atoms with Gasteiger partial charge in [0.25, 0.3) is 0 Å². The molecule has 2 aliphatic rings. The Labute approximate surface area is 243 Å². The number of hydrogen-bond acceptors (Lipinski definition) is 4. The third-order valence-electron chi connectivity index (χ3n) is 8.40. The van der Waals surface area contributed by atoms with Crippen LogP contribution in [0.2, 0.25) is 0 Å². The maximum absolute atomic E-state index is 10.7. The molecule has 2 aliphatic heterocycles. The minimum absolute atomic E-state index is 0.0143. The fraction of sp³-hybridized carbons (Fsp3) is 0.229. The second kappa shape index (κ2) is 10.4. The number of hydrogen-bond donors (Lipinski definition) is 0. The maximum Gasteiger partial charge on any atom is 0.209 e. The number of likely N-dealkylation sites (N-methyl/N-ethyl adjacent to an activating group) is 1. The Bertz CT molecular complexity index is 1850. The first-order chi connectivity index (χ1) is 19.3. The molecule has 0 atom stereocenters. The van der Waals surface area contributed by atoms with E-state index in [4.69, 9.17) is 0 Å². The van der Waals surface area contributed by atoms with Crippen molar-refractivity contribution in [3.63, 3.8) is 0 Å². The highest BCUT2D eigenvalue weighted by Gasteiger charge is 2.42. The lowest BCUT2D eigenvalue weighted by Crippen LogP contribution is -2.26. The summed E-state index contributed by atoms with van der Waals surface area (Å²) in [6.45, 7) is 9.24. The van der Waals surface area contributed by atoms with Crippen molar-refractivity contribution in [1.82, 2.24) is 0 Å². The van der Waals surface area contributed by atoms with Gasteiger partial charge < -0.3 is 9.45 Å². The van der Waals surface area contributed by atoms with Crippen LogP contribution in [0, 0.1) is 0 Å². The quantitative estimate of drug-likeness (QED) is 0.193.